The van der Waals surface area contributed by atoms with Gasteiger partial charge in [-0.3, -0.25) is 30.6 Å². The van der Waals surface area contributed by atoms with Gasteiger partial charge in [0.25, 0.3) is 5.91 Å². The average Bonchev–Trinajstić information content (AvgIpc) is 2.65. The van der Waals surface area contributed by atoms with Gasteiger partial charge in [-0.1, -0.05) is 35.9 Å². The summed E-state index contributed by atoms with van der Waals surface area (Å²) in [6, 6.07) is 15.3. The molecule has 0 aliphatic heterocycles. The van der Waals surface area contributed by atoms with Crippen molar-refractivity contribution in [1.82, 2.24) is 16.2 Å². The first kappa shape index (κ1) is 20.3. The SMILES string of the molecule is O=C(CCC(=O)Nc1ccccc1)NNC(=S)NC(=O)c1cccc(Cl)c1. The van der Waals surface area contributed by atoms with Crippen molar-refractivity contribution in [1.29, 1.82) is 0 Å². The van der Waals surface area contributed by atoms with Gasteiger partial charge in [-0.25, -0.2) is 0 Å². The van der Waals surface area contributed by atoms with Gasteiger partial charge in [0.05, 0.1) is 0 Å². The Bertz CT molecular complexity index is 846. The van der Waals surface area contributed by atoms with Gasteiger partial charge < -0.3 is 5.32 Å². The molecular weight excluding hydrogens is 388 g/mol. The van der Waals surface area contributed by atoms with Gasteiger partial charge in [-0.2, -0.15) is 0 Å². The molecule has 0 saturated carbocycles. The number of benzene rings is 2. The van der Waals surface area contributed by atoms with Crippen molar-refractivity contribution >= 4 is 52.3 Å². The smallest absolute Gasteiger partial charge is 0.257 e. The summed E-state index contributed by atoms with van der Waals surface area (Å²) in [6.07, 6.45) is -0.0411. The van der Waals surface area contributed by atoms with Crippen LogP contribution < -0.4 is 21.5 Å². The van der Waals surface area contributed by atoms with Crippen molar-refractivity contribution in [2.45, 2.75) is 12.8 Å². The molecule has 0 aromatic heterocycles. The Hall–Kier alpha value is -2.97. The highest BCUT2D eigenvalue weighted by Gasteiger charge is 2.10. The lowest BCUT2D eigenvalue weighted by molar-refractivity contribution is -0.124. The quantitative estimate of drug-likeness (QED) is 0.453. The maximum Gasteiger partial charge on any atom is 0.257 e. The van der Waals surface area contributed by atoms with Gasteiger partial charge in [0, 0.05) is 29.1 Å². The van der Waals surface area contributed by atoms with Crippen molar-refractivity contribution in [3.63, 3.8) is 0 Å². The van der Waals surface area contributed by atoms with Crippen LogP contribution in [0.25, 0.3) is 0 Å². The molecule has 0 aliphatic rings. The first-order valence-electron chi connectivity index (χ1n) is 7.94. The predicted octanol–water partition coefficient (Wildman–Crippen LogP) is 2.39. The Kier molecular flexibility index (Phi) is 7.72. The summed E-state index contributed by atoms with van der Waals surface area (Å²) in [4.78, 5) is 35.5. The van der Waals surface area contributed by atoms with Crippen molar-refractivity contribution < 1.29 is 14.4 Å². The molecule has 0 aliphatic carbocycles. The van der Waals surface area contributed by atoms with Crippen molar-refractivity contribution in [3.05, 3.63) is 65.2 Å². The molecule has 0 spiro atoms. The number of rotatable bonds is 5. The summed E-state index contributed by atoms with van der Waals surface area (Å²) in [5.74, 6) is -1.20. The van der Waals surface area contributed by atoms with Gasteiger partial charge in [-0.05, 0) is 42.5 Å². The normalized spacial score (nSPS) is 9.81. The zero-order valence-corrected chi connectivity index (χ0v) is 15.7. The number of anilines is 1. The third-order valence-electron chi connectivity index (χ3n) is 3.27. The lowest BCUT2D eigenvalue weighted by Crippen LogP contribution is -2.48. The maximum atomic E-state index is 12.0. The number of thiocarbonyl (C=S) groups is 1. The van der Waals surface area contributed by atoms with E-state index in [4.69, 9.17) is 23.8 Å². The minimum absolute atomic E-state index is 0.00401. The molecule has 140 valence electrons. The highest BCUT2D eigenvalue weighted by atomic mass is 35.5. The Morgan fingerprint density at radius 3 is 2.30 bits per heavy atom. The van der Waals surface area contributed by atoms with E-state index in [1.807, 2.05) is 6.07 Å². The van der Waals surface area contributed by atoms with E-state index in [0.717, 1.165) is 0 Å². The van der Waals surface area contributed by atoms with Crippen molar-refractivity contribution in [2.24, 2.45) is 0 Å². The summed E-state index contributed by atoms with van der Waals surface area (Å²) in [7, 11) is 0. The van der Waals surface area contributed by atoms with Gasteiger partial charge in [0.15, 0.2) is 5.11 Å². The van der Waals surface area contributed by atoms with Crippen molar-refractivity contribution in [3.8, 4) is 0 Å². The van der Waals surface area contributed by atoms with E-state index < -0.39 is 11.8 Å². The Balaban J connectivity index is 1.68. The summed E-state index contributed by atoms with van der Waals surface area (Å²) < 4.78 is 0. The van der Waals surface area contributed by atoms with Crippen LogP contribution in [0.5, 0.6) is 0 Å². The van der Waals surface area contributed by atoms with Crippen molar-refractivity contribution in [2.75, 3.05) is 5.32 Å². The van der Waals surface area contributed by atoms with E-state index in [1.165, 1.54) is 6.07 Å². The minimum atomic E-state index is -0.466. The number of carbonyl (C=O) groups is 3. The summed E-state index contributed by atoms with van der Waals surface area (Å²) in [6.45, 7) is 0. The fourth-order valence-corrected chi connectivity index (χ4v) is 2.33. The number of hydrazine groups is 1. The van der Waals surface area contributed by atoms with E-state index in [-0.39, 0.29) is 23.9 Å². The largest absolute Gasteiger partial charge is 0.326 e. The number of amides is 3. The van der Waals surface area contributed by atoms with Crippen LogP contribution in [0.15, 0.2) is 54.6 Å². The third-order valence-corrected chi connectivity index (χ3v) is 3.71. The molecule has 0 atom stereocenters. The third kappa shape index (κ3) is 7.43. The zero-order valence-electron chi connectivity index (χ0n) is 14.1. The van der Waals surface area contributed by atoms with Gasteiger partial charge >= 0.3 is 0 Å². The molecule has 2 aromatic rings. The van der Waals surface area contributed by atoms with Gasteiger partial charge in [0.1, 0.15) is 0 Å². The second kappa shape index (κ2) is 10.2. The first-order chi connectivity index (χ1) is 12.9. The average molecular weight is 405 g/mol. The summed E-state index contributed by atoms with van der Waals surface area (Å²) >= 11 is 10.8. The molecule has 0 saturated heterocycles. The highest BCUT2D eigenvalue weighted by molar-refractivity contribution is 7.80. The molecule has 7 nitrogen and oxygen atoms in total. The molecule has 0 unspecified atom stereocenters. The van der Waals surface area contributed by atoms with Crippen LogP contribution in [0.1, 0.15) is 23.2 Å². The minimum Gasteiger partial charge on any atom is -0.326 e. The van der Waals surface area contributed by atoms with Crippen LogP contribution >= 0.6 is 23.8 Å². The number of para-hydroxylation sites is 1. The van der Waals surface area contributed by atoms with E-state index >= 15 is 0 Å². The number of halogens is 1. The van der Waals surface area contributed by atoms with Crippen LogP contribution in [-0.2, 0) is 9.59 Å². The number of hydrogen-bond donors (Lipinski definition) is 4. The molecule has 4 N–H and O–H groups in total. The van der Waals surface area contributed by atoms with Crippen LogP contribution in [0.4, 0.5) is 5.69 Å². The molecule has 27 heavy (non-hydrogen) atoms. The molecule has 0 heterocycles. The molecule has 0 radical (unpaired) electrons. The van der Waals surface area contributed by atoms with Crippen LogP contribution in [0.3, 0.4) is 0 Å². The van der Waals surface area contributed by atoms with Crippen LogP contribution in [0, 0.1) is 0 Å². The fourth-order valence-electron chi connectivity index (χ4n) is 2.00. The van der Waals surface area contributed by atoms with E-state index in [2.05, 4.69) is 21.5 Å². The van der Waals surface area contributed by atoms with Gasteiger partial charge in [-0.15, -0.1) is 0 Å². The van der Waals surface area contributed by atoms with E-state index in [9.17, 15) is 14.4 Å². The molecule has 0 fully saturated rings. The fraction of sp³-hybridized carbons (Fsp3) is 0.111. The second-order valence-corrected chi connectivity index (χ2v) is 6.23. The Morgan fingerprint density at radius 1 is 0.889 bits per heavy atom. The molecule has 9 heteroatoms. The molecule has 3 amide bonds. The number of nitrogens with one attached hydrogen (secondary N) is 4. The van der Waals surface area contributed by atoms with Crippen LogP contribution in [-0.4, -0.2) is 22.8 Å². The second-order valence-electron chi connectivity index (χ2n) is 5.38. The molecular formula is C18H17ClN4O3S. The maximum absolute atomic E-state index is 12.0. The molecule has 0 bridgehead atoms. The highest BCUT2D eigenvalue weighted by Crippen LogP contribution is 2.10. The summed E-state index contributed by atoms with van der Waals surface area (Å²) in [5, 5.41) is 5.42. The lowest BCUT2D eigenvalue weighted by atomic mass is 10.2. The Morgan fingerprint density at radius 2 is 1.59 bits per heavy atom. The number of carbonyl (C=O) groups excluding carboxylic acids is 3. The predicted molar refractivity (Wildman–Crippen MR) is 107 cm³/mol. The molecule has 2 aromatic carbocycles. The lowest BCUT2D eigenvalue weighted by Gasteiger charge is -2.11. The number of hydrogen-bond acceptors (Lipinski definition) is 4. The molecule has 2 rings (SSSR count). The zero-order chi connectivity index (χ0) is 19.6. The summed E-state index contributed by atoms with van der Waals surface area (Å²) in [5.41, 5.74) is 5.71. The standard InChI is InChI=1S/C18H17ClN4O3S/c19-13-6-4-5-12(11-13)17(26)21-18(27)23-22-16(25)10-9-15(24)20-14-7-2-1-3-8-14/h1-8,11H,9-10H2,(H,20,24)(H,22,25)(H2,21,23,26,27). The topological polar surface area (TPSA) is 99.3 Å². The van der Waals surface area contributed by atoms with Gasteiger partial charge in [0.2, 0.25) is 11.8 Å². The van der Waals surface area contributed by atoms with E-state index in [1.54, 1.807) is 42.5 Å². The Labute approximate surface area is 166 Å². The first-order valence-corrected chi connectivity index (χ1v) is 8.73. The monoisotopic (exact) mass is 404 g/mol. The van der Waals surface area contributed by atoms with E-state index in [0.29, 0.717) is 16.3 Å². The van der Waals surface area contributed by atoms with Crippen LogP contribution in [0.2, 0.25) is 5.02 Å².